The van der Waals surface area contributed by atoms with Gasteiger partial charge in [-0.1, -0.05) is 189 Å². The molecule has 0 spiro atoms. The molecule has 2 aliphatic heterocycles. The fraction of sp³-hybridized carbons (Fsp3) is 0.787. The monoisotopic (exact) mass is 1060 g/mol. The lowest BCUT2D eigenvalue weighted by molar-refractivity contribution is -0.332. The number of allylic oxidation sites excluding steroid dienone is 12. The zero-order valence-electron chi connectivity index (χ0n) is 46.5. The summed E-state index contributed by atoms with van der Waals surface area (Å²) >= 11 is 0. The van der Waals surface area contributed by atoms with Crippen molar-refractivity contribution in [1.82, 2.24) is 0 Å². The third-order valence-corrected chi connectivity index (χ3v) is 13.7. The summed E-state index contributed by atoms with van der Waals surface area (Å²) in [5.41, 5.74) is 0. The van der Waals surface area contributed by atoms with Gasteiger partial charge >= 0.3 is 5.97 Å². The number of carbonyl (C=O) groups is 1. The molecule has 75 heavy (non-hydrogen) atoms. The van der Waals surface area contributed by atoms with Crippen molar-refractivity contribution in [3.05, 3.63) is 72.9 Å². The molecule has 0 aliphatic carbocycles. The van der Waals surface area contributed by atoms with Crippen molar-refractivity contribution in [2.75, 3.05) is 33.0 Å². The molecule has 2 fully saturated rings. The van der Waals surface area contributed by atoms with Gasteiger partial charge in [0.25, 0.3) is 0 Å². The van der Waals surface area contributed by atoms with Crippen molar-refractivity contribution in [2.24, 2.45) is 0 Å². The fourth-order valence-corrected chi connectivity index (χ4v) is 8.95. The first-order valence-electron chi connectivity index (χ1n) is 29.5. The zero-order valence-corrected chi connectivity index (χ0v) is 46.5. The predicted molar refractivity (Wildman–Crippen MR) is 298 cm³/mol. The number of rotatable bonds is 47. The van der Waals surface area contributed by atoms with Crippen molar-refractivity contribution in [1.29, 1.82) is 0 Å². The van der Waals surface area contributed by atoms with Crippen molar-refractivity contribution in [2.45, 2.75) is 274 Å². The summed E-state index contributed by atoms with van der Waals surface area (Å²) < 4.78 is 34.4. The van der Waals surface area contributed by atoms with E-state index in [4.69, 9.17) is 28.4 Å². The van der Waals surface area contributed by atoms with Crippen LogP contribution in [-0.4, -0.2) is 142 Å². The first-order chi connectivity index (χ1) is 36.6. The fourth-order valence-electron chi connectivity index (χ4n) is 8.95. The normalized spacial score (nSPS) is 25.1. The third kappa shape index (κ3) is 34.1. The number of aliphatic hydroxyl groups excluding tert-OH is 7. The van der Waals surface area contributed by atoms with E-state index >= 15 is 0 Å². The van der Waals surface area contributed by atoms with E-state index in [2.05, 4.69) is 86.8 Å². The summed E-state index contributed by atoms with van der Waals surface area (Å²) in [5.74, 6) is -0.395. The van der Waals surface area contributed by atoms with Gasteiger partial charge < -0.3 is 64.2 Å². The van der Waals surface area contributed by atoms with E-state index in [0.717, 1.165) is 83.5 Å². The van der Waals surface area contributed by atoms with E-state index in [9.17, 15) is 40.5 Å². The highest BCUT2D eigenvalue weighted by atomic mass is 16.7. The van der Waals surface area contributed by atoms with Crippen molar-refractivity contribution >= 4 is 5.97 Å². The number of esters is 1. The van der Waals surface area contributed by atoms with Gasteiger partial charge in [-0.05, 0) is 83.5 Å². The van der Waals surface area contributed by atoms with Crippen LogP contribution in [0.3, 0.4) is 0 Å². The maximum Gasteiger partial charge on any atom is 0.306 e. The molecule has 0 saturated carbocycles. The van der Waals surface area contributed by atoms with Gasteiger partial charge in [0.2, 0.25) is 0 Å². The molecular weight excluding hydrogens is 957 g/mol. The van der Waals surface area contributed by atoms with E-state index < -0.39 is 86.7 Å². The Kier molecular flexibility index (Phi) is 43.3. The van der Waals surface area contributed by atoms with Crippen LogP contribution in [0.25, 0.3) is 0 Å². The van der Waals surface area contributed by atoms with Gasteiger partial charge in [0.1, 0.15) is 54.9 Å². The Bertz CT molecular complexity index is 1510. The van der Waals surface area contributed by atoms with Crippen LogP contribution < -0.4 is 0 Å². The molecule has 434 valence electrons. The van der Waals surface area contributed by atoms with Gasteiger partial charge in [0.05, 0.1) is 26.4 Å². The van der Waals surface area contributed by atoms with Gasteiger partial charge in [-0.2, -0.15) is 0 Å². The topological polar surface area (TPSA) is 214 Å². The molecule has 2 saturated heterocycles. The summed E-state index contributed by atoms with van der Waals surface area (Å²) in [6.45, 7) is 3.54. The Balaban J connectivity index is 1.69. The van der Waals surface area contributed by atoms with E-state index in [1.807, 2.05) is 0 Å². The van der Waals surface area contributed by atoms with E-state index in [0.29, 0.717) is 13.0 Å². The SMILES string of the molecule is CC/C=C\C/C=C\C/C=C\CCCCCCCC(=O)OC(COCCCCCCCCCCCCC/C=C\C/C=C\C/C=C\CCCCCCC)COC1OC(COC2OC(CO)C(O)C(O)C2O)C(O)C(O)C1O. The number of hydrogen-bond donors (Lipinski definition) is 7. The van der Waals surface area contributed by atoms with Crippen molar-refractivity contribution < 1.29 is 69.0 Å². The molecule has 14 nitrogen and oxygen atoms in total. The Labute approximate surface area is 453 Å². The summed E-state index contributed by atoms with van der Waals surface area (Å²) in [4.78, 5) is 13.0. The number of carbonyl (C=O) groups excluding carboxylic acids is 1. The Morgan fingerprint density at radius 1 is 0.453 bits per heavy atom. The minimum atomic E-state index is -1.71. The van der Waals surface area contributed by atoms with Crippen molar-refractivity contribution in [3.63, 3.8) is 0 Å². The number of aliphatic hydroxyl groups is 7. The van der Waals surface area contributed by atoms with Gasteiger partial charge in [0.15, 0.2) is 12.6 Å². The van der Waals surface area contributed by atoms with Gasteiger partial charge in [0, 0.05) is 13.0 Å². The lowest BCUT2D eigenvalue weighted by Gasteiger charge is -2.42. The van der Waals surface area contributed by atoms with Crippen LogP contribution in [0.4, 0.5) is 0 Å². The molecule has 7 N–H and O–H groups in total. The highest BCUT2D eigenvalue weighted by molar-refractivity contribution is 5.69. The second kappa shape index (κ2) is 47.4. The second-order valence-electron chi connectivity index (χ2n) is 20.4. The zero-order chi connectivity index (χ0) is 54.4. The molecule has 2 rings (SSSR count). The highest BCUT2D eigenvalue weighted by Crippen LogP contribution is 2.26. The van der Waals surface area contributed by atoms with Crippen LogP contribution in [-0.2, 0) is 33.2 Å². The summed E-state index contributed by atoms with van der Waals surface area (Å²) in [6.07, 6.45) is 44.0. The molecule has 11 atom stereocenters. The van der Waals surface area contributed by atoms with E-state index in [-0.39, 0.29) is 19.6 Å². The lowest BCUT2D eigenvalue weighted by atomic mass is 9.98. The third-order valence-electron chi connectivity index (χ3n) is 13.7. The average molecular weight is 1060 g/mol. The molecule has 2 aliphatic rings. The Morgan fingerprint density at radius 3 is 1.36 bits per heavy atom. The maximum atomic E-state index is 13.0. The number of hydrogen-bond acceptors (Lipinski definition) is 14. The quantitative estimate of drug-likeness (QED) is 0.0172. The van der Waals surface area contributed by atoms with Crippen LogP contribution in [0.15, 0.2) is 72.9 Å². The maximum absolute atomic E-state index is 13.0. The van der Waals surface area contributed by atoms with Crippen LogP contribution in [0.2, 0.25) is 0 Å². The molecule has 0 bridgehead atoms. The van der Waals surface area contributed by atoms with Crippen LogP contribution in [0.5, 0.6) is 0 Å². The van der Waals surface area contributed by atoms with Crippen LogP contribution in [0.1, 0.15) is 206 Å². The molecule has 0 radical (unpaired) electrons. The van der Waals surface area contributed by atoms with E-state index in [1.54, 1.807) is 0 Å². The molecule has 0 aromatic rings. The molecule has 0 amide bonds. The predicted octanol–water partition coefficient (Wildman–Crippen LogP) is 10.6. The molecule has 0 aromatic carbocycles. The van der Waals surface area contributed by atoms with Crippen LogP contribution >= 0.6 is 0 Å². The van der Waals surface area contributed by atoms with Crippen LogP contribution in [0, 0.1) is 0 Å². The summed E-state index contributed by atoms with van der Waals surface area (Å²) in [6, 6.07) is 0. The molecule has 11 unspecified atom stereocenters. The minimum absolute atomic E-state index is 0.0493. The Hall–Kier alpha value is -2.57. The summed E-state index contributed by atoms with van der Waals surface area (Å²) in [7, 11) is 0. The number of unbranched alkanes of at least 4 members (excludes halogenated alkanes) is 21. The van der Waals surface area contributed by atoms with Gasteiger partial charge in [-0.25, -0.2) is 0 Å². The molecule has 0 aromatic heterocycles. The molecule has 2 heterocycles. The molecule has 14 heteroatoms. The lowest BCUT2D eigenvalue weighted by Crippen LogP contribution is -2.61. The first kappa shape index (κ1) is 68.5. The number of ether oxygens (including phenoxy) is 6. The largest absolute Gasteiger partial charge is 0.457 e. The highest BCUT2D eigenvalue weighted by Gasteiger charge is 2.47. The first-order valence-corrected chi connectivity index (χ1v) is 29.5. The second-order valence-corrected chi connectivity index (χ2v) is 20.4. The summed E-state index contributed by atoms with van der Waals surface area (Å²) in [5, 5.41) is 72.3. The van der Waals surface area contributed by atoms with E-state index in [1.165, 1.54) is 96.3 Å². The smallest absolute Gasteiger partial charge is 0.306 e. The standard InChI is InChI=1S/C61H106O14/c1-3-5-7-9-11-13-15-17-19-20-21-22-23-24-25-26-27-28-29-31-33-35-37-39-41-43-45-70-47-50(73-53(63)44-42-40-38-36-34-32-30-18-16-14-12-10-8-6-4-2)48-71-60-59(69)57(67)55(65)52(75-60)49-72-61-58(68)56(66)54(64)51(46-62)74-61/h6,8,12,14-15,17-18,20-21,23-24,30,50-52,54-62,64-69H,3-5,7,9-11,13,16,19,22,25-29,31-49H2,1-2H3/b8-6-,14-12-,17-15-,21-20-,24-23-,30-18-. The Morgan fingerprint density at radius 2 is 0.867 bits per heavy atom. The van der Waals surface area contributed by atoms with Crippen molar-refractivity contribution in [3.8, 4) is 0 Å². The molecular formula is C61H106O14. The minimum Gasteiger partial charge on any atom is -0.457 e. The average Bonchev–Trinajstić information content (AvgIpc) is 3.41. The van der Waals surface area contributed by atoms with Gasteiger partial charge in [-0.3, -0.25) is 4.79 Å². The van der Waals surface area contributed by atoms with Gasteiger partial charge in [-0.15, -0.1) is 0 Å².